The van der Waals surface area contributed by atoms with Crippen LogP contribution in [0.2, 0.25) is 0 Å². The molecule has 3 rings (SSSR count). The summed E-state index contributed by atoms with van der Waals surface area (Å²) in [4.78, 5) is 0. The highest BCUT2D eigenvalue weighted by molar-refractivity contribution is 9.10. The van der Waals surface area contributed by atoms with E-state index in [-0.39, 0.29) is 5.69 Å². The first-order valence-electron chi connectivity index (χ1n) is 5.75. The highest BCUT2D eigenvalue weighted by Gasteiger charge is 2.16. The number of anilines is 1. The second kappa shape index (κ2) is 5.01. The molecule has 0 fully saturated rings. The lowest BCUT2D eigenvalue weighted by molar-refractivity contribution is 0.608. The lowest BCUT2D eigenvalue weighted by Gasteiger charge is -2.07. The third-order valence-electron chi connectivity index (χ3n) is 2.78. The van der Waals surface area contributed by atoms with Crippen LogP contribution in [0, 0.1) is 5.82 Å². The van der Waals surface area contributed by atoms with Gasteiger partial charge in [-0.2, -0.15) is 4.68 Å². The molecule has 0 saturated carbocycles. The van der Waals surface area contributed by atoms with Crippen molar-refractivity contribution in [2.75, 3.05) is 5.73 Å². The number of para-hydroxylation sites is 1. The third kappa shape index (κ3) is 2.16. The number of benzene rings is 2. The summed E-state index contributed by atoms with van der Waals surface area (Å²) in [5, 5.41) is 11.4. The average molecular weight is 334 g/mol. The second-order valence-electron chi connectivity index (χ2n) is 4.10. The van der Waals surface area contributed by atoms with Crippen LogP contribution >= 0.6 is 15.9 Å². The van der Waals surface area contributed by atoms with Gasteiger partial charge in [-0.15, -0.1) is 5.10 Å². The van der Waals surface area contributed by atoms with Crippen LogP contribution in [0.4, 0.5) is 10.1 Å². The molecule has 100 valence electrons. The predicted octanol–water partition coefficient (Wildman–Crippen LogP) is 2.81. The summed E-state index contributed by atoms with van der Waals surface area (Å²) >= 11 is 3.42. The first kappa shape index (κ1) is 12.7. The van der Waals surface area contributed by atoms with Gasteiger partial charge >= 0.3 is 0 Å². The van der Waals surface area contributed by atoms with Crippen molar-refractivity contribution in [3.8, 4) is 17.1 Å². The van der Waals surface area contributed by atoms with Crippen LogP contribution in [0.25, 0.3) is 17.1 Å². The zero-order chi connectivity index (χ0) is 14.1. The van der Waals surface area contributed by atoms with Crippen molar-refractivity contribution in [3.63, 3.8) is 0 Å². The lowest BCUT2D eigenvalue weighted by Crippen LogP contribution is -2.03. The quantitative estimate of drug-likeness (QED) is 0.732. The summed E-state index contributed by atoms with van der Waals surface area (Å²) in [7, 11) is 0. The molecule has 20 heavy (non-hydrogen) atoms. The van der Waals surface area contributed by atoms with E-state index in [1.54, 1.807) is 36.4 Å². The number of aromatic nitrogens is 4. The largest absolute Gasteiger partial charge is 0.399 e. The smallest absolute Gasteiger partial charge is 0.188 e. The Bertz CT molecular complexity index is 771. The molecule has 0 amide bonds. The summed E-state index contributed by atoms with van der Waals surface area (Å²) < 4.78 is 16.0. The van der Waals surface area contributed by atoms with Gasteiger partial charge in [-0.1, -0.05) is 28.1 Å². The van der Waals surface area contributed by atoms with E-state index in [4.69, 9.17) is 5.73 Å². The maximum atomic E-state index is 13.9. The van der Waals surface area contributed by atoms with Crippen LogP contribution in [0.3, 0.4) is 0 Å². The molecule has 0 aliphatic heterocycles. The molecule has 5 nitrogen and oxygen atoms in total. The fraction of sp³-hybridized carbons (Fsp3) is 0. The summed E-state index contributed by atoms with van der Waals surface area (Å²) in [6.45, 7) is 0. The van der Waals surface area contributed by atoms with E-state index < -0.39 is 5.82 Å². The molecule has 2 N–H and O–H groups in total. The average Bonchev–Trinajstić information content (AvgIpc) is 2.91. The van der Waals surface area contributed by atoms with Gasteiger partial charge in [0, 0.05) is 15.7 Å². The third-order valence-corrected chi connectivity index (χ3v) is 3.47. The number of nitrogens with zero attached hydrogens (tertiary/aromatic N) is 4. The Labute approximate surface area is 122 Å². The molecule has 2 aromatic carbocycles. The first-order valence-corrected chi connectivity index (χ1v) is 6.55. The molecule has 0 aliphatic carbocycles. The highest BCUT2D eigenvalue weighted by atomic mass is 79.9. The van der Waals surface area contributed by atoms with Crippen LogP contribution in [0.5, 0.6) is 0 Å². The van der Waals surface area contributed by atoms with Gasteiger partial charge < -0.3 is 5.73 Å². The standard InChI is InChI=1S/C13H9BrFN5/c14-10-6-5-8(16)7-9(10)13-17-18-19-20(13)12-4-2-1-3-11(12)15/h1-7H,16H2. The number of tetrazole rings is 1. The Morgan fingerprint density at radius 1 is 1.15 bits per heavy atom. The van der Waals surface area contributed by atoms with Crippen LogP contribution in [0.1, 0.15) is 0 Å². The molecule has 7 heteroatoms. The molecule has 0 spiro atoms. The Kier molecular flexibility index (Phi) is 3.19. The van der Waals surface area contributed by atoms with Crippen LogP contribution < -0.4 is 5.73 Å². The predicted molar refractivity (Wildman–Crippen MR) is 76.7 cm³/mol. The zero-order valence-electron chi connectivity index (χ0n) is 10.2. The molecular weight excluding hydrogens is 325 g/mol. The summed E-state index contributed by atoms with van der Waals surface area (Å²) in [5.41, 5.74) is 7.33. The molecule has 0 atom stereocenters. The van der Waals surface area contributed by atoms with E-state index >= 15 is 0 Å². The van der Waals surface area contributed by atoms with E-state index in [9.17, 15) is 4.39 Å². The fourth-order valence-corrected chi connectivity index (χ4v) is 2.28. The number of rotatable bonds is 2. The Balaban J connectivity index is 2.21. The van der Waals surface area contributed by atoms with Gasteiger partial charge in [-0.3, -0.25) is 0 Å². The molecule has 0 bridgehead atoms. The fourth-order valence-electron chi connectivity index (χ4n) is 1.86. The molecule has 0 radical (unpaired) electrons. The van der Waals surface area contributed by atoms with Gasteiger partial charge in [-0.25, -0.2) is 4.39 Å². The van der Waals surface area contributed by atoms with Crippen molar-refractivity contribution in [3.05, 3.63) is 52.8 Å². The molecule has 0 aliphatic rings. The summed E-state index contributed by atoms with van der Waals surface area (Å²) in [6.07, 6.45) is 0. The van der Waals surface area contributed by atoms with Crippen molar-refractivity contribution in [1.82, 2.24) is 20.2 Å². The van der Waals surface area contributed by atoms with Gasteiger partial charge in [0.2, 0.25) is 0 Å². The lowest BCUT2D eigenvalue weighted by atomic mass is 10.2. The van der Waals surface area contributed by atoms with E-state index in [2.05, 4.69) is 31.5 Å². The Morgan fingerprint density at radius 2 is 1.95 bits per heavy atom. The number of nitrogen functional groups attached to an aromatic ring is 1. The van der Waals surface area contributed by atoms with E-state index in [0.29, 0.717) is 17.1 Å². The number of nitrogens with two attached hydrogens (primary N) is 1. The molecule has 0 unspecified atom stereocenters. The van der Waals surface area contributed by atoms with Crippen LogP contribution in [-0.2, 0) is 0 Å². The molecule has 1 heterocycles. The van der Waals surface area contributed by atoms with Crippen molar-refractivity contribution in [1.29, 1.82) is 0 Å². The summed E-state index contributed by atoms with van der Waals surface area (Å²) in [5.74, 6) is 0.00958. The maximum Gasteiger partial charge on any atom is 0.188 e. The molecule has 0 saturated heterocycles. The minimum atomic E-state index is -0.402. The van der Waals surface area contributed by atoms with Gasteiger partial charge in [0.15, 0.2) is 5.82 Å². The minimum absolute atomic E-state index is 0.279. The van der Waals surface area contributed by atoms with E-state index in [0.717, 1.165) is 4.47 Å². The second-order valence-corrected chi connectivity index (χ2v) is 4.96. The van der Waals surface area contributed by atoms with Crippen LogP contribution in [-0.4, -0.2) is 20.2 Å². The van der Waals surface area contributed by atoms with Gasteiger partial charge in [0.1, 0.15) is 11.5 Å². The molecule has 1 aromatic heterocycles. The topological polar surface area (TPSA) is 69.6 Å². The van der Waals surface area contributed by atoms with Crippen LogP contribution in [0.15, 0.2) is 46.9 Å². The SMILES string of the molecule is Nc1ccc(Br)c(-c2nnnn2-c2ccccc2F)c1. The van der Waals surface area contributed by atoms with Crippen molar-refractivity contribution in [2.24, 2.45) is 0 Å². The normalized spacial score (nSPS) is 10.7. The number of hydrogen-bond donors (Lipinski definition) is 1. The monoisotopic (exact) mass is 333 g/mol. The zero-order valence-corrected chi connectivity index (χ0v) is 11.7. The van der Waals surface area contributed by atoms with Crippen molar-refractivity contribution < 1.29 is 4.39 Å². The van der Waals surface area contributed by atoms with E-state index in [1.807, 2.05) is 0 Å². The van der Waals surface area contributed by atoms with Gasteiger partial charge in [0.25, 0.3) is 0 Å². The molecule has 3 aromatic rings. The first-order chi connectivity index (χ1) is 9.66. The minimum Gasteiger partial charge on any atom is -0.399 e. The maximum absolute atomic E-state index is 13.9. The van der Waals surface area contributed by atoms with Crippen molar-refractivity contribution in [2.45, 2.75) is 0 Å². The highest BCUT2D eigenvalue weighted by Crippen LogP contribution is 2.29. The Hall–Kier alpha value is -2.28. The Morgan fingerprint density at radius 3 is 2.75 bits per heavy atom. The molecular formula is C13H9BrFN5. The number of halogens is 2. The van der Waals surface area contributed by atoms with Crippen molar-refractivity contribution >= 4 is 21.6 Å². The summed E-state index contributed by atoms with van der Waals surface area (Å²) in [6, 6.07) is 11.6. The number of hydrogen-bond acceptors (Lipinski definition) is 4. The van der Waals surface area contributed by atoms with Gasteiger partial charge in [0.05, 0.1) is 0 Å². The van der Waals surface area contributed by atoms with E-state index in [1.165, 1.54) is 10.7 Å². The van der Waals surface area contributed by atoms with Gasteiger partial charge in [-0.05, 0) is 40.8 Å².